The van der Waals surface area contributed by atoms with Gasteiger partial charge in [0, 0.05) is 6.92 Å². The highest BCUT2D eigenvalue weighted by molar-refractivity contribution is 6.33. The molecular weight excluding hydrogens is 216 g/mol. The van der Waals surface area contributed by atoms with Gasteiger partial charge in [0.25, 0.3) is 0 Å². The van der Waals surface area contributed by atoms with E-state index >= 15 is 0 Å². The average Bonchev–Trinajstić information content (AvgIpc) is 2.41. The predicted octanol–water partition coefficient (Wildman–Crippen LogP) is 1.76. The van der Waals surface area contributed by atoms with Gasteiger partial charge in [0.15, 0.2) is 10.8 Å². The quantitative estimate of drug-likeness (QED) is 0.640. The molecule has 0 aromatic carbocycles. The van der Waals surface area contributed by atoms with E-state index in [1.807, 2.05) is 0 Å². The summed E-state index contributed by atoms with van der Waals surface area (Å²) in [6.45, 7) is 4.91. The smallest absolute Gasteiger partial charge is 0.230 e. The van der Waals surface area contributed by atoms with Crippen LogP contribution in [0.15, 0.2) is 0 Å². The summed E-state index contributed by atoms with van der Waals surface area (Å²) >= 11 is 5.91. The van der Waals surface area contributed by atoms with Crippen LogP contribution < -0.4 is 0 Å². The van der Waals surface area contributed by atoms with E-state index in [0.29, 0.717) is 22.8 Å². The van der Waals surface area contributed by atoms with Gasteiger partial charge in [-0.2, -0.15) is 0 Å². The maximum atomic E-state index is 11.4. The molecule has 0 bridgehead atoms. The van der Waals surface area contributed by atoms with Gasteiger partial charge in [-0.3, -0.25) is 9.36 Å². The zero-order valence-electron chi connectivity index (χ0n) is 8.58. The van der Waals surface area contributed by atoms with Gasteiger partial charge in [-0.1, -0.05) is 11.6 Å². The van der Waals surface area contributed by atoms with Gasteiger partial charge in [0.2, 0.25) is 5.91 Å². The molecule has 0 aliphatic heterocycles. The minimum Gasteiger partial charge on any atom is -0.274 e. The third-order valence-electron chi connectivity index (χ3n) is 2.06. The molecule has 0 amide bonds. The van der Waals surface area contributed by atoms with Crippen molar-refractivity contribution in [1.82, 2.24) is 19.5 Å². The largest absolute Gasteiger partial charge is 0.274 e. The fourth-order valence-electron chi connectivity index (χ4n) is 1.51. The van der Waals surface area contributed by atoms with Crippen LogP contribution in [0.3, 0.4) is 0 Å². The Balaban J connectivity index is 2.93. The van der Waals surface area contributed by atoms with E-state index in [-0.39, 0.29) is 11.1 Å². The topological polar surface area (TPSA) is 60.7 Å². The Morgan fingerprint density at radius 2 is 1.93 bits per heavy atom. The standard InChI is InChI=1S/C9H9ClN4O/c1-4-11-8(10)7-9(12-4)14(6(3)15)5(2)13-7/h1-3H3. The Labute approximate surface area is 91.1 Å². The molecule has 5 nitrogen and oxygen atoms in total. The minimum atomic E-state index is -0.135. The van der Waals surface area contributed by atoms with Crippen molar-refractivity contribution < 1.29 is 4.79 Å². The molecule has 0 aliphatic carbocycles. The summed E-state index contributed by atoms with van der Waals surface area (Å²) in [6.07, 6.45) is 0. The maximum absolute atomic E-state index is 11.4. The molecular formula is C9H9ClN4O. The van der Waals surface area contributed by atoms with E-state index in [0.717, 1.165) is 0 Å². The number of imidazole rings is 1. The van der Waals surface area contributed by atoms with Crippen LogP contribution in [0.1, 0.15) is 23.4 Å². The van der Waals surface area contributed by atoms with Crippen LogP contribution in [0, 0.1) is 13.8 Å². The summed E-state index contributed by atoms with van der Waals surface area (Å²) in [5.74, 6) is 0.957. The van der Waals surface area contributed by atoms with Crippen molar-refractivity contribution in [2.24, 2.45) is 0 Å². The molecule has 2 heterocycles. The molecule has 0 N–H and O–H groups in total. The molecule has 0 unspecified atom stereocenters. The van der Waals surface area contributed by atoms with Gasteiger partial charge in [-0.15, -0.1) is 0 Å². The summed E-state index contributed by atoms with van der Waals surface area (Å²) in [6, 6.07) is 0. The maximum Gasteiger partial charge on any atom is 0.230 e. The summed E-state index contributed by atoms with van der Waals surface area (Å²) in [4.78, 5) is 23.7. The van der Waals surface area contributed by atoms with Gasteiger partial charge in [-0.05, 0) is 13.8 Å². The lowest BCUT2D eigenvalue weighted by molar-refractivity contribution is 0.0938. The molecule has 0 aliphatic rings. The number of carbonyl (C=O) groups is 1. The van der Waals surface area contributed by atoms with E-state index in [9.17, 15) is 4.79 Å². The first kappa shape index (κ1) is 10.0. The number of halogens is 1. The molecule has 0 saturated carbocycles. The Morgan fingerprint density at radius 1 is 1.27 bits per heavy atom. The monoisotopic (exact) mass is 224 g/mol. The highest BCUT2D eigenvalue weighted by Gasteiger charge is 2.15. The molecule has 2 rings (SSSR count). The lowest BCUT2D eigenvalue weighted by Gasteiger charge is -2.00. The highest BCUT2D eigenvalue weighted by atomic mass is 35.5. The van der Waals surface area contributed by atoms with E-state index in [2.05, 4.69) is 15.0 Å². The number of carbonyl (C=O) groups excluding carboxylic acids is 1. The van der Waals surface area contributed by atoms with Crippen molar-refractivity contribution in [3.8, 4) is 0 Å². The lowest BCUT2D eigenvalue weighted by atomic mass is 10.5. The van der Waals surface area contributed by atoms with E-state index in [4.69, 9.17) is 11.6 Å². The Morgan fingerprint density at radius 3 is 2.53 bits per heavy atom. The van der Waals surface area contributed by atoms with Crippen molar-refractivity contribution in [1.29, 1.82) is 0 Å². The van der Waals surface area contributed by atoms with Crippen molar-refractivity contribution in [2.45, 2.75) is 20.8 Å². The number of fused-ring (bicyclic) bond motifs is 1. The molecule has 15 heavy (non-hydrogen) atoms. The lowest BCUT2D eigenvalue weighted by Crippen LogP contribution is -2.08. The number of hydrogen-bond acceptors (Lipinski definition) is 4. The second-order valence-corrected chi connectivity index (χ2v) is 3.61. The van der Waals surface area contributed by atoms with Crippen molar-refractivity contribution in [2.75, 3.05) is 0 Å². The van der Waals surface area contributed by atoms with Gasteiger partial charge >= 0.3 is 0 Å². The van der Waals surface area contributed by atoms with Crippen molar-refractivity contribution in [3.05, 3.63) is 16.8 Å². The fourth-order valence-corrected chi connectivity index (χ4v) is 1.76. The molecule has 2 aromatic heterocycles. The second kappa shape index (κ2) is 3.27. The van der Waals surface area contributed by atoms with Crippen LogP contribution in [0.2, 0.25) is 5.15 Å². The summed E-state index contributed by atoms with van der Waals surface area (Å²) < 4.78 is 1.43. The molecule has 2 aromatic rings. The van der Waals surface area contributed by atoms with Crippen LogP contribution in [0.25, 0.3) is 11.2 Å². The predicted molar refractivity (Wildman–Crippen MR) is 56.1 cm³/mol. The van der Waals surface area contributed by atoms with E-state index in [1.165, 1.54) is 11.5 Å². The SMILES string of the molecule is CC(=O)n1c(C)nc2c(Cl)nc(C)nc21. The van der Waals surface area contributed by atoms with E-state index in [1.54, 1.807) is 13.8 Å². The third-order valence-corrected chi connectivity index (χ3v) is 2.32. The number of aryl methyl sites for hydroxylation is 2. The molecule has 6 heteroatoms. The molecule has 0 spiro atoms. The summed E-state index contributed by atoms with van der Waals surface area (Å²) in [7, 11) is 0. The highest BCUT2D eigenvalue weighted by Crippen LogP contribution is 2.20. The average molecular weight is 225 g/mol. The molecule has 0 saturated heterocycles. The van der Waals surface area contributed by atoms with Crippen LogP contribution in [0.4, 0.5) is 0 Å². The first-order chi connectivity index (χ1) is 7.00. The zero-order chi connectivity index (χ0) is 11.2. The van der Waals surface area contributed by atoms with Crippen molar-refractivity contribution >= 4 is 28.7 Å². The summed E-state index contributed by atoms with van der Waals surface area (Å²) in [5, 5.41) is 0.278. The van der Waals surface area contributed by atoms with E-state index < -0.39 is 0 Å². The van der Waals surface area contributed by atoms with Gasteiger partial charge in [-0.25, -0.2) is 15.0 Å². The van der Waals surface area contributed by atoms with Gasteiger partial charge in [0.05, 0.1) is 0 Å². The van der Waals surface area contributed by atoms with Gasteiger partial charge in [0.1, 0.15) is 17.2 Å². The normalized spacial score (nSPS) is 10.9. The molecule has 0 radical (unpaired) electrons. The zero-order valence-corrected chi connectivity index (χ0v) is 9.33. The first-order valence-electron chi connectivity index (χ1n) is 4.41. The van der Waals surface area contributed by atoms with Crippen molar-refractivity contribution in [3.63, 3.8) is 0 Å². The van der Waals surface area contributed by atoms with Crippen LogP contribution >= 0.6 is 11.6 Å². The minimum absolute atomic E-state index is 0.135. The molecule has 0 atom stereocenters. The van der Waals surface area contributed by atoms with Crippen LogP contribution in [0.5, 0.6) is 0 Å². The first-order valence-corrected chi connectivity index (χ1v) is 4.78. The molecule has 0 fully saturated rings. The number of aromatic nitrogens is 4. The van der Waals surface area contributed by atoms with Crippen LogP contribution in [-0.4, -0.2) is 25.4 Å². The number of nitrogens with zero attached hydrogens (tertiary/aromatic N) is 4. The number of hydrogen-bond donors (Lipinski definition) is 0. The Kier molecular flexibility index (Phi) is 2.19. The fraction of sp³-hybridized carbons (Fsp3) is 0.333. The van der Waals surface area contributed by atoms with Crippen LogP contribution in [-0.2, 0) is 0 Å². The van der Waals surface area contributed by atoms with Gasteiger partial charge < -0.3 is 0 Å². The third kappa shape index (κ3) is 1.48. The Hall–Kier alpha value is -1.49. The second-order valence-electron chi connectivity index (χ2n) is 3.25. The Bertz CT molecular complexity index is 561. The molecule has 78 valence electrons. The number of rotatable bonds is 0. The summed E-state index contributed by atoms with van der Waals surface area (Å²) in [5.41, 5.74) is 0.937.